The van der Waals surface area contributed by atoms with Crippen LogP contribution in [0, 0.1) is 0 Å². The van der Waals surface area contributed by atoms with Crippen molar-refractivity contribution < 1.29 is 22.7 Å². The molecule has 1 unspecified atom stereocenters. The van der Waals surface area contributed by atoms with Crippen LogP contribution in [0.15, 0.2) is 23.1 Å². The number of methoxy groups -OCH3 is 2. The average Bonchev–Trinajstić information content (AvgIpc) is 2.67. The Labute approximate surface area is 154 Å². The second-order valence-electron chi connectivity index (χ2n) is 6.41. The molecule has 8 nitrogen and oxygen atoms in total. The Morgan fingerprint density at radius 3 is 2.46 bits per heavy atom. The number of sulfonamides is 1. The summed E-state index contributed by atoms with van der Waals surface area (Å²) in [6, 6.07) is 4.80. The topological polar surface area (TPSA) is 88.2 Å². The summed E-state index contributed by atoms with van der Waals surface area (Å²) < 4.78 is 38.6. The summed E-state index contributed by atoms with van der Waals surface area (Å²) in [5, 5.41) is 3.04. The van der Waals surface area contributed by atoms with E-state index in [0.29, 0.717) is 26.1 Å². The molecule has 26 heavy (non-hydrogen) atoms. The Kier molecular flexibility index (Phi) is 5.69. The molecule has 0 spiro atoms. The average molecular weight is 383 g/mol. The minimum Gasteiger partial charge on any atom is -0.495 e. The smallest absolute Gasteiger partial charge is 0.250 e. The summed E-state index contributed by atoms with van der Waals surface area (Å²) in [6.07, 6.45) is 1.51. The molecule has 2 heterocycles. The van der Waals surface area contributed by atoms with Crippen LogP contribution in [0.1, 0.15) is 12.8 Å². The fourth-order valence-electron chi connectivity index (χ4n) is 3.60. The largest absolute Gasteiger partial charge is 0.495 e. The van der Waals surface area contributed by atoms with Crippen LogP contribution in [0.25, 0.3) is 0 Å². The molecule has 1 amide bonds. The third kappa shape index (κ3) is 3.51. The summed E-state index contributed by atoms with van der Waals surface area (Å²) in [7, 11) is -0.933. The van der Waals surface area contributed by atoms with Crippen molar-refractivity contribution in [2.24, 2.45) is 0 Å². The van der Waals surface area contributed by atoms with Gasteiger partial charge in [0.05, 0.1) is 20.8 Å². The second kappa shape index (κ2) is 7.81. The van der Waals surface area contributed by atoms with Crippen molar-refractivity contribution in [2.75, 3.05) is 46.9 Å². The Balaban J connectivity index is 1.89. The van der Waals surface area contributed by atoms with Gasteiger partial charge in [0, 0.05) is 32.2 Å². The summed E-state index contributed by atoms with van der Waals surface area (Å²) in [4.78, 5) is 14.0. The lowest BCUT2D eigenvalue weighted by molar-refractivity contribution is -0.135. The molecule has 0 saturated carbocycles. The van der Waals surface area contributed by atoms with Gasteiger partial charge in [-0.25, -0.2) is 8.42 Å². The first kappa shape index (κ1) is 18.9. The Morgan fingerprint density at radius 2 is 1.85 bits per heavy atom. The van der Waals surface area contributed by atoms with Crippen LogP contribution in [0.2, 0.25) is 0 Å². The minimum atomic E-state index is -3.81. The van der Waals surface area contributed by atoms with Crippen molar-refractivity contribution in [3.8, 4) is 11.5 Å². The fraction of sp³-hybridized carbons (Fsp3) is 0.588. The highest BCUT2D eigenvalue weighted by Gasteiger charge is 2.37. The van der Waals surface area contributed by atoms with E-state index < -0.39 is 10.0 Å². The van der Waals surface area contributed by atoms with Crippen LogP contribution in [0.4, 0.5) is 0 Å². The highest BCUT2D eigenvalue weighted by atomic mass is 32.2. The number of hydrogen-bond donors (Lipinski definition) is 1. The number of hydrogen-bond acceptors (Lipinski definition) is 6. The van der Waals surface area contributed by atoms with Crippen LogP contribution < -0.4 is 14.8 Å². The summed E-state index contributed by atoms with van der Waals surface area (Å²) in [5.41, 5.74) is 0. The molecular formula is C17H25N3O5S. The van der Waals surface area contributed by atoms with E-state index in [2.05, 4.69) is 5.32 Å². The number of nitrogens with one attached hydrogen (secondary N) is 1. The third-order valence-electron chi connectivity index (χ3n) is 4.91. The molecule has 2 saturated heterocycles. The van der Waals surface area contributed by atoms with Crippen LogP contribution in [0.3, 0.4) is 0 Å². The molecule has 1 aromatic rings. The highest BCUT2D eigenvalue weighted by molar-refractivity contribution is 7.89. The van der Waals surface area contributed by atoms with E-state index in [9.17, 15) is 13.2 Å². The lowest BCUT2D eigenvalue weighted by Gasteiger charge is -2.40. The monoisotopic (exact) mass is 383 g/mol. The van der Waals surface area contributed by atoms with Gasteiger partial charge in [-0.2, -0.15) is 4.31 Å². The molecule has 144 valence electrons. The molecule has 2 aliphatic rings. The predicted octanol–water partition coefficient (Wildman–Crippen LogP) is 0.289. The zero-order chi connectivity index (χ0) is 18.7. The fourth-order valence-corrected chi connectivity index (χ4v) is 5.41. The first-order chi connectivity index (χ1) is 12.5. The van der Waals surface area contributed by atoms with Gasteiger partial charge in [-0.1, -0.05) is 6.07 Å². The maximum absolute atomic E-state index is 13.3. The maximum Gasteiger partial charge on any atom is 0.250 e. The lowest BCUT2D eigenvalue weighted by Crippen LogP contribution is -2.57. The normalized spacial score (nSPS) is 22.3. The Hall–Kier alpha value is -1.84. The summed E-state index contributed by atoms with van der Waals surface area (Å²) >= 11 is 0. The zero-order valence-electron chi connectivity index (χ0n) is 15.1. The van der Waals surface area contributed by atoms with Gasteiger partial charge in [-0.15, -0.1) is 0 Å². The van der Waals surface area contributed by atoms with Crippen molar-refractivity contribution in [3.05, 3.63) is 18.2 Å². The number of piperazine rings is 1. The van der Waals surface area contributed by atoms with Gasteiger partial charge in [0.1, 0.15) is 11.5 Å². The molecule has 2 fully saturated rings. The lowest BCUT2D eigenvalue weighted by atomic mass is 10.1. The van der Waals surface area contributed by atoms with Crippen LogP contribution in [-0.2, 0) is 14.8 Å². The molecule has 0 aliphatic carbocycles. The molecule has 9 heteroatoms. The SMILES string of the molecule is COc1cccc(OC)c1S(=O)(=O)N1CCCC(N2CCNCC2=O)C1. The van der Waals surface area contributed by atoms with Crippen LogP contribution in [-0.4, -0.2) is 76.5 Å². The molecule has 2 aliphatic heterocycles. The van der Waals surface area contributed by atoms with E-state index in [1.165, 1.54) is 18.5 Å². The van der Waals surface area contributed by atoms with E-state index in [1.54, 1.807) is 23.1 Å². The number of nitrogens with zero attached hydrogens (tertiary/aromatic N) is 2. The number of rotatable bonds is 5. The van der Waals surface area contributed by atoms with Crippen molar-refractivity contribution in [3.63, 3.8) is 0 Å². The van der Waals surface area contributed by atoms with Crippen molar-refractivity contribution >= 4 is 15.9 Å². The van der Waals surface area contributed by atoms with E-state index in [0.717, 1.165) is 13.0 Å². The van der Waals surface area contributed by atoms with Gasteiger partial charge in [0.15, 0.2) is 4.90 Å². The number of amides is 1. The second-order valence-corrected chi connectivity index (χ2v) is 8.29. The molecule has 3 rings (SSSR count). The minimum absolute atomic E-state index is 0.0235. The van der Waals surface area contributed by atoms with Crippen molar-refractivity contribution in [2.45, 2.75) is 23.8 Å². The number of carbonyl (C=O) groups excluding carboxylic acids is 1. The third-order valence-corrected chi connectivity index (χ3v) is 6.84. The standard InChI is InChI=1S/C17H25N3O5S/c1-24-14-6-3-7-15(25-2)17(14)26(22,23)19-9-4-5-13(12-19)20-10-8-18-11-16(20)21/h3,6-7,13,18H,4-5,8-12H2,1-2H3. The van der Waals surface area contributed by atoms with Gasteiger partial charge < -0.3 is 19.7 Å². The first-order valence-electron chi connectivity index (χ1n) is 8.70. The van der Waals surface area contributed by atoms with Crippen LogP contribution in [0.5, 0.6) is 11.5 Å². The molecular weight excluding hydrogens is 358 g/mol. The Morgan fingerprint density at radius 1 is 1.15 bits per heavy atom. The molecule has 0 radical (unpaired) electrons. The van der Waals surface area contributed by atoms with Crippen LogP contribution >= 0.6 is 0 Å². The molecule has 0 bridgehead atoms. The van der Waals surface area contributed by atoms with Crippen molar-refractivity contribution in [1.29, 1.82) is 0 Å². The first-order valence-corrected chi connectivity index (χ1v) is 10.1. The molecule has 1 N–H and O–H groups in total. The highest BCUT2D eigenvalue weighted by Crippen LogP contribution is 2.36. The van der Waals surface area contributed by atoms with E-state index >= 15 is 0 Å². The van der Waals surface area contributed by atoms with Crippen molar-refractivity contribution in [1.82, 2.24) is 14.5 Å². The quantitative estimate of drug-likeness (QED) is 0.786. The van der Waals surface area contributed by atoms with Gasteiger partial charge in [-0.3, -0.25) is 4.79 Å². The molecule has 1 aromatic carbocycles. The van der Waals surface area contributed by atoms with E-state index in [-0.39, 0.29) is 34.9 Å². The number of piperidine rings is 1. The molecule has 1 atom stereocenters. The van der Waals surface area contributed by atoms with Gasteiger partial charge in [0.25, 0.3) is 10.0 Å². The number of benzene rings is 1. The predicted molar refractivity (Wildman–Crippen MR) is 95.9 cm³/mol. The van der Waals surface area contributed by atoms with Gasteiger partial charge in [0.2, 0.25) is 5.91 Å². The summed E-state index contributed by atoms with van der Waals surface area (Å²) in [5.74, 6) is 0.532. The summed E-state index contributed by atoms with van der Waals surface area (Å²) in [6.45, 7) is 2.35. The Bertz CT molecular complexity index is 745. The number of carbonyl (C=O) groups is 1. The van der Waals surface area contributed by atoms with Gasteiger partial charge >= 0.3 is 0 Å². The van der Waals surface area contributed by atoms with E-state index in [4.69, 9.17) is 9.47 Å². The van der Waals surface area contributed by atoms with Gasteiger partial charge in [-0.05, 0) is 25.0 Å². The maximum atomic E-state index is 13.3. The number of ether oxygens (including phenoxy) is 2. The zero-order valence-corrected chi connectivity index (χ0v) is 15.9. The molecule has 0 aromatic heterocycles. The van der Waals surface area contributed by atoms with E-state index in [1.807, 2.05) is 0 Å².